The lowest BCUT2D eigenvalue weighted by atomic mass is 10.0. The van der Waals surface area contributed by atoms with Gasteiger partial charge in [0.2, 0.25) is 11.8 Å². The maximum atomic E-state index is 6.39. The summed E-state index contributed by atoms with van der Waals surface area (Å²) >= 11 is 0. The van der Waals surface area contributed by atoms with Gasteiger partial charge in [0.05, 0.1) is 0 Å². The number of benzene rings is 9. The van der Waals surface area contributed by atoms with Crippen molar-refractivity contribution in [2.45, 2.75) is 0 Å². The van der Waals surface area contributed by atoms with E-state index < -0.39 is 0 Å². The van der Waals surface area contributed by atoms with E-state index in [1.807, 2.05) is 78.9 Å². The summed E-state index contributed by atoms with van der Waals surface area (Å²) in [6, 6.07) is 63.4. The van der Waals surface area contributed by atoms with Crippen LogP contribution in [0.2, 0.25) is 0 Å². The van der Waals surface area contributed by atoms with Gasteiger partial charge in [0.25, 0.3) is 0 Å². The molecule has 0 saturated carbocycles. The lowest BCUT2D eigenvalue weighted by Gasteiger charge is -2.11. The van der Waals surface area contributed by atoms with Crippen LogP contribution >= 0.6 is 0 Å². The lowest BCUT2D eigenvalue weighted by Crippen LogP contribution is -2.00. The summed E-state index contributed by atoms with van der Waals surface area (Å²) in [5, 5.41) is 6.37. The van der Waals surface area contributed by atoms with E-state index in [0.717, 1.165) is 105 Å². The van der Waals surface area contributed by atoms with Crippen molar-refractivity contribution in [3.05, 3.63) is 188 Å². The molecule has 63 heavy (non-hydrogen) atoms. The smallest absolute Gasteiger partial charge is 0.227 e. The van der Waals surface area contributed by atoms with Crippen LogP contribution in [0.5, 0.6) is 0 Å². The molecule has 0 spiro atoms. The molecule has 0 N–H and O–H groups in total. The minimum Gasteiger partial charge on any atom is -0.455 e. The van der Waals surface area contributed by atoms with Crippen LogP contribution < -0.4 is 0 Å². The third-order valence-corrected chi connectivity index (χ3v) is 11.8. The minimum atomic E-state index is 0.556. The van der Waals surface area contributed by atoms with E-state index in [2.05, 4.69) is 109 Å². The number of para-hydroxylation sites is 6. The Kier molecular flexibility index (Phi) is 7.74. The van der Waals surface area contributed by atoms with Crippen molar-refractivity contribution in [3.63, 3.8) is 0 Å². The molecule has 0 radical (unpaired) electrons. The first kappa shape index (κ1) is 35.0. The quantitative estimate of drug-likeness (QED) is 0.164. The van der Waals surface area contributed by atoms with Gasteiger partial charge in [-0.25, -0.2) is 24.9 Å². The molecule has 0 aliphatic heterocycles. The summed E-state index contributed by atoms with van der Waals surface area (Å²) in [7, 11) is 0. The van der Waals surface area contributed by atoms with Crippen LogP contribution in [0, 0.1) is 0 Å². The fourth-order valence-corrected chi connectivity index (χ4v) is 8.57. The first-order chi connectivity index (χ1) is 31.1. The number of oxazole rings is 2. The molecule has 8 heteroatoms. The third kappa shape index (κ3) is 6.03. The number of aromatic nitrogens is 5. The zero-order chi connectivity index (χ0) is 41.4. The summed E-state index contributed by atoms with van der Waals surface area (Å²) in [4.78, 5) is 24.9. The Morgan fingerprint density at radius 2 is 0.730 bits per heavy atom. The summed E-state index contributed by atoms with van der Waals surface area (Å²) in [5.41, 5.74) is 11.3. The van der Waals surface area contributed by atoms with Crippen molar-refractivity contribution in [2.24, 2.45) is 0 Å². The van der Waals surface area contributed by atoms with Gasteiger partial charge in [-0.3, -0.25) is 0 Å². The largest absolute Gasteiger partial charge is 0.455 e. The van der Waals surface area contributed by atoms with Crippen LogP contribution in [0.15, 0.2) is 201 Å². The van der Waals surface area contributed by atoms with Gasteiger partial charge in [0.1, 0.15) is 22.2 Å². The second-order valence-electron chi connectivity index (χ2n) is 15.7. The molecule has 0 amide bonds. The van der Waals surface area contributed by atoms with Crippen molar-refractivity contribution < 1.29 is 13.3 Å². The van der Waals surface area contributed by atoms with E-state index in [-0.39, 0.29) is 0 Å². The highest BCUT2D eigenvalue weighted by Crippen LogP contribution is 2.37. The van der Waals surface area contributed by atoms with Gasteiger partial charge in [-0.1, -0.05) is 121 Å². The molecule has 4 aromatic heterocycles. The van der Waals surface area contributed by atoms with Gasteiger partial charge >= 0.3 is 0 Å². The highest BCUT2D eigenvalue weighted by molar-refractivity contribution is 6.09. The highest BCUT2D eigenvalue weighted by atomic mass is 16.4. The fraction of sp³-hybridized carbons (Fsp3) is 0. The zero-order valence-corrected chi connectivity index (χ0v) is 33.4. The summed E-state index contributed by atoms with van der Waals surface area (Å²) in [6.07, 6.45) is 0. The number of hydrogen-bond donors (Lipinski definition) is 0. The lowest BCUT2D eigenvalue weighted by molar-refractivity contribution is 0.619. The predicted octanol–water partition coefficient (Wildman–Crippen LogP) is 14.4. The minimum absolute atomic E-state index is 0.556. The van der Waals surface area contributed by atoms with Crippen molar-refractivity contribution in [2.75, 3.05) is 0 Å². The molecule has 13 rings (SSSR count). The monoisotopic (exact) mass is 809 g/mol. The van der Waals surface area contributed by atoms with Gasteiger partial charge in [0.15, 0.2) is 28.6 Å². The SMILES string of the molecule is c1ccc2oc(-c3ccc4ccc(-c5nc(-c6ccc(-c7cccc8c7oc7ccccc78)cc6)nc(-c6ccc7ccc(-c8nc9ccccc9o8)cc7c6)n5)cc4c3)nc2c1. The Hall–Kier alpha value is -8.75. The average Bonchev–Trinajstić information content (AvgIpc) is 4.09. The summed E-state index contributed by atoms with van der Waals surface area (Å²) in [6.45, 7) is 0. The second-order valence-corrected chi connectivity index (χ2v) is 15.7. The van der Waals surface area contributed by atoms with E-state index >= 15 is 0 Å². The summed E-state index contributed by atoms with van der Waals surface area (Å²) in [5.74, 6) is 2.82. The van der Waals surface area contributed by atoms with E-state index in [0.29, 0.717) is 29.3 Å². The number of nitrogens with zero attached hydrogens (tertiary/aromatic N) is 5. The molecule has 8 nitrogen and oxygen atoms in total. The van der Waals surface area contributed by atoms with E-state index in [4.69, 9.17) is 38.2 Å². The number of rotatable bonds is 6. The molecule has 0 aliphatic carbocycles. The van der Waals surface area contributed by atoms with Crippen molar-refractivity contribution in [1.82, 2.24) is 24.9 Å². The zero-order valence-electron chi connectivity index (χ0n) is 33.4. The maximum absolute atomic E-state index is 6.39. The van der Waals surface area contributed by atoms with Crippen LogP contribution in [-0.2, 0) is 0 Å². The topological polar surface area (TPSA) is 104 Å². The van der Waals surface area contributed by atoms with Crippen LogP contribution in [0.25, 0.3) is 134 Å². The van der Waals surface area contributed by atoms with Gasteiger partial charge < -0.3 is 13.3 Å². The van der Waals surface area contributed by atoms with Crippen LogP contribution in [0.3, 0.4) is 0 Å². The average molecular weight is 810 g/mol. The van der Waals surface area contributed by atoms with Crippen LogP contribution in [-0.4, -0.2) is 24.9 Å². The fourth-order valence-electron chi connectivity index (χ4n) is 8.57. The maximum Gasteiger partial charge on any atom is 0.227 e. The first-order valence-corrected chi connectivity index (χ1v) is 20.7. The molecule has 0 unspecified atom stereocenters. The molecule has 9 aromatic carbocycles. The Morgan fingerprint density at radius 1 is 0.286 bits per heavy atom. The summed E-state index contributed by atoms with van der Waals surface area (Å²) < 4.78 is 18.7. The van der Waals surface area contributed by atoms with Crippen LogP contribution in [0.4, 0.5) is 0 Å². The van der Waals surface area contributed by atoms with E-state index in [1.54, 1.807) is 0 Å². The normalized spacial score (nSPS) is 11.8. The Balaban J connectivity index is 0.931. The molecule has 294 valence electrons. The molecule has 0 fully saturated rings. The van der Waals surface area contributed by atoms with E-state index in [9.17, 15) is 0 Å². The Labute approximate surface area is 358 Å². The van der Waals surface area contributed by atoms with Gasteiger partial charge in [-0.2, -0.15) is 0 Å². The predicted molar refractivity (Wildman–Crippen MR) is 250 cm³/mol. The van der Waals surface area contributed by atoms with Crippen LogP contribution in [0.1, 0.15) is 0 Å². The molecule has 13 aromatic rings. The highest BCUT2D eigenvalue weighted by Gasteiger charge is 2.17. The molecule has 4 heterocycles. The Morgan fingerprint density at radius 3 is 1.30 bits per heavy atom. The molecular weight excluding hydrogens is 779 g/mol. The molecular formula is C55H31N5O3. The van der Waals surface area contributed by atoms with Gasteiger partial charge in [-0.15, -0.1) is 0 Å². The standard InChI is InChI=1S/C55H31N5O3/c1-4-13-47-43(8-1)44-10-7-9-42(50(44)61-47)34-20-22-35(23-21-34)51-58-52(36-24-16-32-18-26-38(30-40(32)28-36)54-56-45-11-2-5-14-48(45)62-54)60-53(59-51)37-25-17-33-19-27-39(31-41(33)29-37)55-57-46-12-3-6-15-49(46)63-55/h1-31H. The third-order valence-electron chi connectivity index (χ3n) is 11.8. The first-order valence-electron chi connectivity index (χ1n) is 20.7. The van der Waals surface area contributed by atoms with Crippen molar-refractivity contribution in [1.29, 1.82) is 0 Å². The molecule has 0 aliphatic rings. The Bertz CT molecular complexity index is 3700. The van der Waals surface area contributed by atoms with Gasteiger partial charge in [0, 0.05) is 44.2 Å². The second kappa shape index (κ2) is 13.9. The van der Waals surface area contributed by atoms with Crippen molar-refractivity contribution >= 4 is 65.7 Å². The molecule has 0 saturated heterocycles. The van der Waals surface area contributed by atoms with E-state index in [1.165, 1.54) is 0 Å². The molecule has 0 atom stereocenters. The molecule has 0 bridgehead atoms. The number of fused-ring (bicyclic) bond motifs is 7. The van der Waals surface area contributed by atoms with Crippen molar-refractivity contribution in [3.8, 4) is 68.2 Å². The van der Waals surface area contributed by atoms with Gasteiger partial charge in [-0.05, 0) is 93.8 Å². The number of furan rings is 1. The number of hydrogen-bond acceptors (Lipinski definition) is 8.